The van der Waals surface area contributed by atoms with Crippen LogP contribution in [0.25, 0.3) is 0 Å². The van der Waals surface area contributed by atoms with Crippen LogP contribution in [0.15, 0.2) is 53.9 Å². The Morgan fingerprint density at radius 1 is 1.13 bits per heavy atom. The smallest absolute Gasteiger partial charge is 0.238 e. The maximum absolute atomic E-state index is 13.3. The average molecular weight is 426 g/mol. The number of fused-ring (bicyclic) bond motifs is 1. The molecule has 0 unspecified atom stereocenters. The highest BCUT2D eigenvalue weighted by atomic mass is 32.1. The van der Waals surface area contributed by atoms with Gasteiger partial charge in [-0.3, -0.25) is 14.9 Å². The van der Waals surface area contributed by atoms with Gasteiger partial charge in [-0.05, 0) is 42.1 Å². The van der Waals surface area contributed by atoms with Crippen LogP contribution in [0, 0.1) is 5.82 Å². The fourth-order valence-corrected chi connectivity index (χ4v) is 4.05. The van der Waals surface area contributed by atoms with Gasteiger partial charge in [0.1, 0.15) is 5.82 Å². The molecule has 0 spiro atoms. The summed E-state index contributed by atoms with van der Waals surface area (Å²) in [5, 5.41) is 7.93. The van der Waals surface area contributed by atoms with Crippen LogP contribution in [-0.4, -0.2) is 25.0 Å². The van der Waals surface area contributed by atoms with Crippen LogP contribution >= 0.6 is 11.3 Å². The summed E-state index contributed by atoms with van der Waals surface area (Å²) in [5.74, 6) is 0.122. The van der Waals surface area contributed by atoms with Crippen LogP contribution < -0.4 is 20.1 Å². The number of ketones is 1. The fraction of sp³-hybridized carbons (Fsp3) is 0.182. The van der Waals surface area contributed by atoms with Crippen molar-refractivity contribution >= 4 is 28.7 Å². The summed E-state index contributed by atoms with van der Waals surface area (Å²) in [4.78, 5) is 25.6. The van der Waals surface area contributed by atoms with Gasteiger partial charge in [0, 0.05) is 16.5 Å². The SMILES string of the molecule is CC(=O)c1cc2c(cc1NC(=O)CN[C@H](c1ccc(F)cc1)c1cccs1)OCO2. The molecule has 0 aliphatic carbocycles. The third-order valence-corrected chi connectivity index (χ3v) is 5.60. The zero-order valence-corrected chi connectivity index (χ0v) is 16.9. The standard InChI is InChI=1S/C22H19FN2O4S/c1-13(26)16-9-18-19(29-12-28-18)10-17(16)25-21(27)11-24-22(20-3-2-8-30-20)14-4-6-15(23)7-5-14/h2-10,22,24H,11-12H2,1H3,(H,25,27)/t22-/m1/s1. The molecule has 6 nitrogen and oxygen atoms in total. The number of halogens is 1. The number of rotatable bonds is 7. The molecule has 0 bridgehead atoms. The topological polar surface area (TPSA) is 76.7 Å². The van der Waals surface area contributed by atoms with Gasteiger partial charge in [-0.15, -0.1) is 11.3 Å². The zero-order chi connectivity index (χ0) is 21.1. The van der Waals surface area contributed by atoms with Gasteiger partial charge < -0.3 is 14.8 Å². The molecule has 1 aliphatic heterocycles. The molecule has 0 saturated heterocycles. The van der Waals surface area contributed by atoms with Crippen LogP contribution in [-0.2, 0) is 4.79 Å². The Balaban J connectivity index is 1.49. The van der Waals surface area contributed by atoms with E-state index in [0.717, 1.165) is 10.4 Å². The highest BCUT2D eigenvalue weighted by molar-refractivity contribution is 7.10. The molecule has 0 saturated carbocycles. The minimum absolute atomic E-state index is 0.00820. The van der Waals surface area contributed by atoms with E-state index in [9.17, 15) is 14.0 Å². The molecule has 30 heavy (non-hydrogen) atoms. The number of benzene rings is 2. The Morgan fingerprint density at radius 3 is 2.53 bits per heavy atom. The van der Waals surface area contributed by atoms with E-state index in [1.54, 1.807) is 35.6 Å². The lowest BCUT2D eigenvalue weighted by Crippen LogP contribution is -2.32. The van der Waals surface area contributed by atoms with Gasteiger partial charge in [0.2, 0.25) is 12.7 Å². The lowest BCUT2D eigenvalue weighted by atomic mass is 10.1. The quantitative estimate of drug-likeness (QED) is 0.556. The van der Waals surface area contributed by atoms with Gasteiger partial charge >= 0.3 is 0 Å². The van der Waals surface area contributed by atoms with E-state index < -0.39 is 0 Å². The highest BCUT2D eigenvalue weighted by Crippen LogP contribution is 2.37. The number of amides is 1. The molecule has 2 aromatic carbocycles. The molecule has 1 amide bonds. The molecule has 2 heterocycles. The second kappa shape index (κ2) is 8.64. The summed E-state index contributed by atoms with van der Waals surface area (Å²) in [5.41, 5.74) is 1.56. The van der Waals surface area contributed by atoms with Crippen molar-refractivity contribution < 1.29 is 23.5 Å². The predicted octanol–water partition coefficient (Wildman–Crippen LogP) is 4.14. The Kier molecular flexibility index (Phi) is 5.78. The van der Waals surface area contributed by atoms with E-state index in [2.05, 4.69) is 10.6 Å². The van der Waals surface area contributed by atoms with Crippen molar-refractivity contribution in [1.82, 2.24) is 5.32 Å². The maximum atomic E-state index is 13.3. The summed E-state index contributed by atoms with van der Waals surface area (Å²) < 4.78 is 24.0. The summed E-state index contributed by atoms with van der Waals surface area (Å²) in [6.07, 6.45) is 0. The maximum Gasteiger partial charge on any atom is 0.238 e. The number of Topliss-reactive ketones (excluding diaryl/α,β-unsaturated/α-hetero) is 1. The van der Waals surface area contributed by atoms with Gasteiger partial charge in [0.05, 0.1) is 18.3 Å². The summed E-state index contributed by atoms with van der Waals surface area (Å²) in [6.45, 7) is 1.49. The largest absolute Gasteiger partial charge is 0.454 e. The third kappa shape index (κ3) is 4.34. The molecule has 4 rings (SSSR count). The molecule has 1 aromatic heterocycles. The monoisotopic (exact) mass is 426 g/mol. The van der Waals surface area contributed by atoms with Gasteiger partial charge in [-0.2, -0.15) is 0 Å². The Morgan fingerprint density at radius 2 is 1.87 bits per heavy atom. The molecule has 1 aliphatic rings. The molecule has 3 aromatic rings. The van der Waals surface area contributed by atoms with E-state index in [0.29, 0.717) is 22.7 Å². The van der Waals surface area contributed by atoms with Gasteiger partial charge in [-0.25, -0.2) is 4.39 Å². The van der Waals surface area contributed by atoms with Crippen molar-refractivity contribution in [3.05, 3.63) is 75.7 Å². The molecular weight excluding hydrogens is 407 g/mol. The van der Waals surface area contributed by atoms with Crippen LogP contribution in [0.5, 0.6) is 11.5 Å². The van der Waals surface area contributed by atoms with Gasteiger partial charge in [-0.1, -0.05) is 18.2 Å². The van der Waals surface area contributed by atoms with E-state index in [-0.39, 0.29) is 36.9 Å². The second-order valence-corrected chi connectivity index (χ2v) is 7.72. The Bertz CT molecular complexity index is 1070. The number of nitrogens with one attached hydrogen (secondary N) is 2. The predicted molar refractivity (Wildman–Crippen MR) is 112 cm³/mol. The van der Waals surface area contributed by atoms with Gasteiger partial charge in [0.15, 0.2) is 17.3 Å². The van der Waals surface area contributed by atoms with Crippen molar-refractivity contribution in [2.45, 2.75) is 13.0 Å². The summed E-state index contributed by atoms with van der Waals surface area (Å²) >= 11 is 1.54. The number of hydrogen-bond donors (Lipinski definition) is 2. The molecule has 1 atom stereocenters. The lowest BCUT2D eigenvalue weighted by Gasteiger charge is -2.18. The number of anilines is 1. The first kappa shape index (κ1) is 20.1. The number of carbonyl (C=O) groups excluding carboxylic acids is 2. The average Bonchev–Trinajstić information content (AvgIpc) is 3.40. The number of carbonyl (C=O) groups is 2. The van der Waals surface area contributed by atoms with Gasteiger partial charge in [0.25, 0.3) is 0 Å². The van der Waals surface area contributed by atoms with Crippen LogP contribution in [0.4, 0.5) is 10.1 Å². The van der Waals surface area contributed by atoms with E-state index >= 15 is 0 Å². The van der Waals surface area contributed by atoms with E-state index in [1.165, 1.54) is 19.1 Å². The van der Waals surface area contributed by atoms with Crippen LogP contribution in [0.2, 0.25) is 0 Å². The Labute approximate surface area is 176 Å². The normalized spacial score (nSPS) is 13.1. The van der Waals surface area contributed by atoms with Crippen molar-refractivity contribution in [1.29, 1.82) is 0 Å². The van der Waals surface area contributed by atoms with Crippen molar-refractivity contribution in [3.8, 4) is 11.5 Å². The summed E-state index contributed by atoms with van der Waals surface area (Å²) in [6, 6.07) is 12.9. The molecule has 8 heteroatoms. The minimum Gasteiger partial charge on any atom is -0.454 e. The molecular formula is C22H19FN2O4S. The minimum atomic E-state index is -0.319. The number of hydrogen-bond acceptors (Lipinski definition) is 6. The Hall–Kier alpha value is -3.23. The highest BCUT2D eigenvalue weighted by Gasteiger charge is 2.21. The van der Waals surface area contributed by atoms with Crippen molar-refractivity contribution in [2.75, 3.05) is 18.7 Å². The zero-order valence-electron chi connectivity index (χ0n) is 16.1. The van der Waals surface area contributed by atoms with E-state index in [1.807, 2.05) is 17.5 Å². The third-order valence-electron chi connectivity index (χ3n) is 4.66. The molecule has 2 N–H and O–H groups in total. The second-order valence-electron chi connectivity index (χ2n) is 6.74. The first-order valence-corrected chi connectivity index (χ1v) is 10.2. The molecule has 154 valence electrons. The summed E-state index contributed by atoms with van der Waals surface area (Å²) in [7, 11) is 0. The lowest BCUT2D eigenvalue weighted by molar-refractivity contribution is -0.115. The first-order valence-electron chi connectivity index (χ1n) is 9.28. The molecule has 0 radical (unpaired) electrons. The fourth-order valence-electron chi connectivity index (χ4n) is 3.22. The van der Waals surface area contributed by atoms with Crippen molar-refractivity contribution in [3.63, 3.8) is 0 Å². The van der Waals surface area contributed by atoms with Crippen molar-refractivity contribution in [2.24, 2.45) is 0 Å². The number of ether oxygens (including phenoxy) is 2. The number of thiophene rings is 1. The van der Waals surface area contributed by atoms with E-state index in [4.69, 9.17) is 9.47 Å². The van der Waals surface area contributed by atoms with Crippen LogP contribution in [0.1, 0.15) is 33.8 Å². The van der Waals surface area contributed by atoms with Crippen LogP contribution in [0.3, 0.4) is 0 Å². The first-order chi connectivity index (χ1) is 14.5. The molecule has 0 fully saturated rings.